The summed E-state index contributed by atoms with van der Waals surface area (Å²) < 4.78 is 13.8. The Bertz CT molecular complexity index is 4120. The predicted molar refractivity (Wildman–Crippen MR) is 530 cm³/mol. The van der Waals surface area contributed by atoms with Gasteiger partial charge in [-0.15, -0.1) is 0 Å². The third kappa shape index (κ3) is 39.6. The second kappa shape index (κ2) is 55.7. The molecule has 0 aliphatic carbocycles. The summed E-state index contributed by atoms with van der Waals surface area (Å²) in [5, 5.41) is 19.2. The van der Waals surface area contributed by atoms with Crippen molar-refractivity contribution in [1.29, 1.82) is 0 Å². The Kier molecular flexibility index (Phi) is 52.4. The topological polar surface area (TPSA) is 325 Å². The molecule has 0 radical (unpaired) electrons. The number of hydrogen-bond donors (Lipinski definition) is 5. The third-order valence-electron chi connectivity index (χ3n) is 26.3. The van der Waals surface area contributed by atoms with Gasteiger partial charge in [-0.3, -0.25) is 52.7 Å². The molecule has 0 heterocycles. The van der Waals surface area contributed by atoms with Crippen molar-refractivity contribution in [3.8, 4) is 0 Å². The summed E-state index contributed by atoms with van der Waals surface area (Å²) in [6, 6.07) is 7.13. The van der Waals surface area contributed by atoms with Crippen LogP contribution in [-0.4, -0.2) is 238 Å². The molecule has 0 saturated heterocycles. The smallest absolute Gasteiger partial charge is 0.326 e. The summed E-state index contributed by atoms with van der Waals surface area (Å²) in [4.78, 5) is 164. The van der Waals surface area contributed by atoms with Gasteiger partial charge in [0.25, 0.3) is 0 Å². The normalized spacial score (nSPS) is 16.2. The van der Waals surface area contributed by atoms with E-state index in [-0.39, 0.29) is 119 Å². The highest BCUT2D eigenvalue weighted by Gasteiger charge is 2.44. The van der Waals surface area contributed by atoms with Crippen molar-refractivity contribution >= 4 is 111 Å². The highest BCUT2D eigenvalue weighted by molar-refractivity contribution is 6.74. The molecule has 25 nitrogen and oxygen atoms in total. The number of carbonyl (C=O) groups is 12. The van der Waals surface area contributed by atoms with E-state index < -0.39 is 106 Å². The number of likely N-dealkylation sites (N-methyl/N-ethyl adjacent to an activating group) is 6. The number of hydrogen-bond acceptors (Lipinski definition) is 15. The number of halogens is 2. The van der Waals surface area contributed by atoms with Gasteiger partial charge in [0.2, 0.25) is 53.2 Å². The average Bonchev–Trinajstić information content (AvgIpc) is 0.811. The number of ketones is 2. The molecule has 2 aromatic rings. The monoisotopic (exact) mass is 1880 g/mol. The first-order valence-electron chi connectivity index (χ1n) is 46.1. The van der Waals surface area contributed by atoms with Crippen LogP contribution in [0.4, 0.5) is 0 Å². The minimum atomic E-state index is -2.07. The molecule has 0 fully saturated rings. The Hall–Kier alpha value is -7.67. The Morgan fingerprint density at radius 3 is 1.05 bits per heavy atom. The fraction of sp³-hybridized carbons (Fsp3) is 0.680. The van der Waals surface area contributed by atoms with Crippen LogP contribution in [-0.2, 0) is 79.2 Å². The fourth-order valence-corrected chi connectivity index (χ4v) is 17.2. The van der Waals surface area contributed by atoms with E-state index in [4.69, 9.17) is 37.8 Å². The zero-order valence-electron chi connectivity index (χ0n) is 86.1. The largest absolute Gasteiger partial charge is 0.480 e. The summed E-state index contributed by atoms with van der Waals surface area (Å²) in [6.07, 6.45) is 12.1. The molecule has 732 valence electrons. The summed E-state index contributed by atoms with van der Waals surface area (Å²) in [6.45, 7) is 64.2. The highest BCUT2D eigenvalue weighted by Crippen LogP contribution is 2.42. The maximum absolute atomic E-state index is 14.1. The zero-order chi connectivity index (χ0) is 100. The molecule has 0 aliphatic rings. The molecule has 0 bridgehead atoms. The van der Waals surface area contributed by atoms with E-state index in [2.05, 4.69) is 144 Å². The fourth-order valence-electron chi connectivity index (χ4n) is 14.1. The van der Waals surface area contributed by atoms with Crippen LogP contribution < -0.4 is 21.7 Å². The molecule has 2 aromatic carbocycles. The number of rotatable bonds is 47. The molecule has 29 heteroatoms. The molecule has 2 rings (SSSR count). The molecule has 0 aromatic heterocycles. The van der Waals surface area contributed by atoms with Crippen molar-refractivity contribution in [2.45, 2.75) is 342 Å². The first-order chi connectivity index (χ1) is 59.2. The third-order valence-corrected chi connectivity index (χ3v) is 35.7. The number of aliphatic carboxylic acids is 1. The van der Waals surface area contributed by atoms with Gasteiger partial charge in [-0.05, 0) is 225 Å². The predicted octanol–water partition coefficient (Wildman–Crippen LogP) is 17.2. The van der Waals surface area contributed by atoms with Crippen molar-refractivity contribution in [2.75, 3.05) is 55.4 Å². The first-order valence-corrected chi connectivity index (χ1v) is 52.6. The van der Waals surface area contributed by atoms with E-state index in [1.54, 1.807) is 90.3 Å². The molecule has 0 spiro atoms. The van der Waals surface area contributed by atoms with Crippen LogP contribution in [0.25, 0.3) is 0 Å². The SMILES string of the molecule is C/C=C(\C)[C@@H](O[Si](C)(C)C(C)(C)C)[C@@H](C)[C@@H](C)C/C=C(\C)C(=O)N(C)[C@H](CC(C)C)C(=O)N[C@@H](C)C(=O)N(C)[C@H](Cc1ccc(Cl)cc1)C(=O)N(C)CC(=O)NC(C(C)=O)[C@@H](C)CC.C/C=C(\C)[C@@H](O[Si](C)(C)C(C)(C)C)[C@@H](C)[C@@H](C)C/C=C(\C)C(=O)N(C)[C@H](CC(C)C)C(=O)O.CC[C@H](C)C(NC(=O)CN(C)C(=O)[C@@H](Cc1ccc(Cl)cc1)N(C)C(=O)[C@H](C)N)C(C)=O. The number of carbonyl (C=O) groups excluding carboxylic acids is 11. The lowest BCUT2D eigenvalue weighted by Crippen LogP contribution is -2.57. The lowest BCUT2D eigenvalue weighted by atomic mass is 9.85. The highest BCUT2D eigenvalue weighted by atomic mass is 35.5. The molecule has 0 aliphatic heterocycles. The quantitative estimate of drug-likeness (QED) is 0.0233. The first kappa shape index (κ1) is 121. The maximum Gasteiger partial charge on any atom is 0.326 e. The number of nitrogens with one attached hydrogen (secondary N) is 3. The lowest BCUT2D eigenvalue weighted by molar-refractivity contribution is -0.148. The van der Waals surface area contributed by atoms with Crippen molar-refractivity contribution in [2.24, 2.45) is 53.1 Å². The van der Waals surface area contributed by atoms with Crippen molar-refractivity contribution in [3.05, 3.63) is 116 Å². The number of amides is 9. The Balaban J connectivity index is 0.00000211. The van der Waals surface area contributed by atoms with E-state index in [0.717, 1.165) is 24.0 Å². The number of Topliss-reactive ketones (excluding diaryl/α,β-unsaturated/α-hetero) is 2. The van der Waals surface area contributed by atoms with Crippen molar-refractivity contribution in [3.63, 3.8) is 0 Å². The van der Waals surface area contributed by atoms with E-state index >= 15 is 0 Å². The molecule has 9 amide bonds. The van der Waals surface area contributed by atoms with Gasteiger partial charge in [0.15, 0.2) is 28.2 Å². The van der Waals surface area contributed by atoms with Crippen LogP contribution in [0.15, 0.2) is 95.1 Å². The minimum absolute atomic E-state index is 0.0232. The van der Waals surface area contributed by atoms with Gasteiger partial charge in [0.05, 0.1) is 43.4 Å². The van der Waals surface area contributed by atoms with Crippen molar-refractivity contribution in [1.82, 2.24) is 45.3 Å². The summed E-state index contributed by atoms with van der Waals surface area (Å²) in [5.74, 6) is -3.97. The molecular weight excluding hydrogens is 1710 g/mol. The second-order valence-electron chi connectivity index (χ2n) is 40.1. The molecule has 0 saturated carbocycles. The molecule has 6 N–H and O–H groups in total. The molecule has 2 unspecified atom stereocenters. The van der Waals surface area contributed by atoms with Crippen LogP contribution in [0.2, 0.25) is 46.3 Å². The van der Waals surface area contributed by atoms with Gasteiger partial charge >= 0.3 is 5.97 Å². The second-order valence-corrected chi connectivity index (χ2v) is 50.5. The van der Waals surface area contributed by atoms with Crippen molar-refractivity contribution < 1.29 is 71.5 Å². The van der Waals surface area contributed by atoms with Gasteiger partial charge in [0.1, 0.15) is 30.2 Å². The summed E-state index contributed by atoms with van der Waals surface area (Å²) >= 11 is 12.1. The number of carboxylic acids is 1. The van der Waals surface area contributed by atoms with Crippen LogP contribution in [0.1, 0.15) is 244 Å². The van der Waals surface area contributed by atoms with E-state index in [0.29, 0.717) is 52.8 Å². The average molecular weight is 1880 g/mol. The van der Waals surface area contributed by atoms with E-state index in [9.17, 15) is 62.6 Å². The van der Waals surface area contributed by atoms with Crippen LogP contribution in [0, 0.1) is 47.3 Å². The van der Waals surface area contributed by atoms with Crippen LogP contribution in [0.5, 0.6) is 0 Å². The van der Waals surface area contributed by atoms with E-state index in [1.165, 1.54) is 82.6 Å². The summed E-state index contributed by atoms with van der Waals surface area (Å²) in [5.41, 5.74) is 10.8. The Morgan fingerprint density at radius 2 is 0.767 bits per heavy atom. The van der Waals surface area contributed by atoms with Gasteiger partial charge in [0, 0.05) is 76.3 Å². The minimum Gasteiger partial charge on any atom is -0.480 e. The number of benzene rings is 2. The summed E-state index contributed by atoms with van der Waals surface area (Å²) in [7, 11) is 5.17. The molecule has 16 atom stereocenters. The maximum atomic E-state index is 14.1. The number of nitrogens with zero attached hydrogens (tertiary/aromatic N) is 6. The van der Waals surface area contributed by atoms with Crippen LogP contribution >= 0.6 is 23.2 Å². The number of allylic oxidation sites excluding steroid dienone is 4. The lowest BCUT2D eigenvalue weighted by Gasteiger charge is -2.42. The molecule has 129 heavy (non-hydrogen) atoms. The van der Waals surface area contributed by atoms with Gasteiger partial charge in [-0.25, -0.2) is 4.79 Å². The number of carboxylic acid groups (broad SMARTS) is 1. The van der Waals surface area contributed by atoms with Crippen LogP contribution in [0.3, 0.4) is 0 Å². The number of nitrogens with two attached hydrogens (primary N) is 1. The van der Waals surface area contributed by atoms with Gasteiger partial charge < -0.3 is 65.0 Å². The van der Waals surface area contributed by atoms with Gasteiger partial charge in [-0.2, -0.15) is 0 Å². The molecular formula is C100H170Cl2N10O15Si2. The Morgan fingerprint density at radius 1 is 0.457 bits per heavy atom. The standard InChI is InChI=1S/C50H84ClN5O7Si.C27H51NO4Si.C23H35ClN4O4/c1-20-32(5)44(38(11)57)53-43(58)30-54(15)49(62)42(29-39-24-26-40(51)27-25-39)56(17)48(61)37(10)52-46(59)41(28-31(3)4)55(16)47(60)35(8)23-22-34(7)36(9)45(33(6)21-2)63-64(18,19)50(12,13)14;1-14-19(4)24(32-33(12,13)27(8,9)10)22(7)20(5)15-16-21(6)25(29)28(11)23(26(30)31)17-18(2)3;1-7-14(2)21(16(4)29)26-20(30)13-27(5)23(32)19(28(6)22(31)15(3)25)12-17-8-10-18(24)11-9-17/h21,23-27,31-32,34,36-37,41-42,44-45H,20,22,28-30H2,1-19H3,(H,52,59)(H,53,58);14,16,18,20,22-24H,15,17H2,1-13H3,(H,30,31);8-11,14-15,19,21H,7,12-13,25H2,1-6H3,(H,26,30)/b33-21+,35-23+;19-14+,21-16+;/t32-,34-,36-,37-,41+,42+,44?,45+;20-,22-,23+,24+;14-,15-,19+,21?/m000/s1. The Labute approximate surface area is 789 Å². The van der Waals surface area contributed by atoms with Gasteiger partial charge in [-0.1, -0.05) is 209 Å². The van der Waals surface area contributed by atoms with E-state index in [1.807, 2.05) is 74.5 Å². The zero-order valence-corrected chi connectivity index (χ0v) is 89.6.